The number of hydrogen-bond acceptors (Lipinski definition) is 5. The van der Waals surface area contributed by atoms with Crippen molar-refractivity contribution in [1.29, 1.82) is 0 Å². The average Bonchev–Trinajstić information content (AvgIpc) is 3.33. The van der Waals surface area contributed by atoms with Crippen molar-refractivity contribution in [3.63, 3.8) is 0 Å². The fraction of sp³-hybridized carbons (Fsp3) is 0.167. The number of halogens is 1. The molecule has 1 aliphatic rings. The van der Waals surface area contributed by atoms with Gasteiger partial charge in [-0.1, -0.05) is 29.8 Å². The van der Waals surface area contributed by atoms with E-state index in [4.69, 9.17) is 18.2 Å². The Morgan fingerprint density at radius 2 is 2.04 bits per heavy atom. The summed E-state index contributed by atoms with van der Waals surface area (Å²) in [7, 11) is 0. The van der Waals surface area contributed by atoms with Gasteiger partial charge in [-0.05, 0) is 29.3 Å². The van der Waals surface area contributed by atoms with Crippen LogP contribution in [0.15, 0.2) is 55.1 Å². The van der Waals surface area contributed by atoms with Crippen LogP contribution in [-0.2, 0) is 6.54 Å². The number of rotatable bonds is 4. The van der Waals surface area contributed by atoms with E-state index in [-0.39, 0.29) is 12.2 Å². The first-order valence-corrected chi connectivity index (χ1v) is 8.46. The van der Waals surface area contributed by atoms with Crippen LogP contribution in [0.3, 0.4) is 0 Å². The smallest absolute Gasteiger partial charge is 0.311 e. The van der Waals surface area contributed by atoms with Gasteiger partial charge in [0.05, 0.1) is 12.0 Å². The van der Waals surface area contributed by atoms with Gasteiger partial charge in [0.25, 0.3) is 0 Å². The Labute approximate surface area is 155 Å². The van der Waals surface area contributed by atoms with Crippen molar-refractivity contribution in [2.45, 2.75) is 18.8 Å². The molecule has 26 heavy (non-hydrogen) atoms. The molecule has 4 rings (SSSR count). The minimum absolute atomic E-state index is 0.153. The first-order valence-electron chi connectivity index (χ1n) is 8.09. The van der Waals surface area contributed by atoms with E-state index in [1.165, 1.54) is 0 Å². The van der Waals surface area contributed by atoms with Gasteiger partial charge in [-0.25, -0.2) is 17.0 Å². The van der Waals surface area contributed by atoms with Crippen LogP contribution in [0.5, 0.6) is 0 Å². The molecule has 3 heterocycles. The Hall–Kier alpha value is -2.76. The first kappa shape index (κ1) is 16.7. The number of hydrogen-bond donors (Lipinski definition) is 3. The monoisotopic (exact) mass is 365 g/mol. The zero-order chi connectivity index (χ0) is 17.9. The molecule has 0 radical (unpaired) electrons. The molecule has 1 fully saturated rings. The van der Waals surface area contributed by atoms with Crippen LogP contribution in [0.25, 0.3) is 16.2 Å². The molecule has 2 aromatic heterocycles. The Morgan fingerprint density at radius 1 is 1.15 bits per heavy atom. The molecular weight excluding hydrogens is 350 g/mol. The molecule has 130 valence electrons. The summed E-state index contributed by atoms with van der Waals surface area (Å²) in [5.41, 5.74) is 12.3. The summed E-state index contributed by atoms with van der Waals surface area (Å²) in [5, 5.41) is 0.736. The number of imidazole rings is 1. The van der Waals surface area contributed by atoms with E-state index in [0.29, 0.717) is 6.54 Å². The summed E-state index contributed by atoms with van der Waals surface area (Å²) in [5.74, 6) is 0. The van der Waals surface area contributed by atoms with Crippen LogP contribution in [0.2, 0.25) is 5.02 Å². The lowest BCUT2D eigenvalue weighted by Gasteiger charge is -2.10. The SMILES string of the molecule is [C-]#[N+]C1NNNC1c1ccnc(-c2cn(Cc3ccccc3Cl)cn2)c1. The summed E-state index contributed by atoms with van der Waals surface area (Å²) < 4.78 is 1.98. The Morgan fingerprint density at radius 3 is 2.88 bits per heavy atom. The van der Waals surface area contributed by atoms with E-state index in [0.717, 1.165) is 27.5 Å². The van der Waals surface area contributed by atoms with Gasteiger partial charge in [-0.3, -0.25) is 9.83 Å². The Balaban J connectivity index is 1.57. The van der Waals surface area contributed by atoms with Crippen molar-refractivity contribution in [2.75, 3.05) is 0 Å². The molecule has 0 aliphatic carbocycles. The lowest BCUT2D eigenvalue weighted by atomic mass is 10.1. The van der Waals surface area contributed by atoms with Gasteiger partial charge in [0, 0.05) is 24.0 Å². The Kier molecular flexibility index (Phi) is 4.65. The number of hydrazine groups is 2. The fourth-order valence-electron chi connectivity index (χ4n) is 2.91. The third-order valence-corrected chi connectivity index (χ3v) is 4.62. The molecule has 3 N–H and O–H groups in total. The predicted octanol–water partition coefficient (Wildman–Crippen LogP) is 2.55. The van der Waals surface area contributed by atoms with Gasteiger partial charge in [0.1, 0.15) is 11.7 Å². The van der Waals surface area contributed by atoms with Gasteiger partial charge in [0.15, 0.2) is 0 Å². The molecule has 7 nitrogen and oxygen atoms in total. The number of benzene rings is 1. The number of nitrogens with zero attached hydrogens (tertiary/aromatic N) is 4. The predicted molar refractivity (Wildman–Crippen MR) is 98.6 cm³/mol. The second kappa shape index (κ2) is 7.23. The molecule has 1 aromatic carbocycles. The topological polar surface area (TPSA) is 71.2 Å². The van der Waals surface area contributed by atoms with Crippen molar-refractivity contribution >= 4 is 11.6 Å². The number of pyridine rings is 1. The molecule has 0 amide bonds. The second-order valence-corrected chi connectivity index (χ2v) is 6.37. The molecule has 0 spiro atoms. The molecule has 1 aliphatic heterocycles. The lowest BCUT2D eigenvalue weighted by Crippen LogP contribution is -2.32. The van der Waals surface area contributed by atoms with Gasteiger partial charge >= 0.3 is 6.17 Å². The van der Waals surface area contributed by atoms with E-state index in [1.54, 1.807) is 12.5 Å². The van der Waals surface area contributed by atoms with E-state index in [1.807, 2.05) is 47.2 Å². The van der Waals surface area contributed by atoms with Crippen molar-refractivity contribution in [3.05, 3.63) is 82.7 Å². The highest BCUT2D eigenvalue weighted by molar-refractivity contribution is 6.31. The first-order chi connectivity index (χ1) is 12.7. The molecule has 2 atom stereocenters. The van der Waals surface area contributed by atoms with Gasteiger partial charge in [0.2, 0.25) is 0 Å². The zero-order valence-corrected chi connectivity index (χ0v) is 14.5. The van der Waals surface area contributed by atoms with Crippen LogP contribution >= 0.6 is 11.6 Å². The molecule has 3 aromatic rings. The van der Waals surface area contributed by atoms with Crippen LogP contribution < -0.4 is 16.4 Å². The van der Waals surface area contributed by atoms with Gasteiger partial charge < -0.3 is 4.57 Å². The highest BCUT2D eigenvalue weighted by Gasteiger charge is 2.33. The summed E-state index contributed by atoms with van der Waals surface area (Å²) in [6.45, 7) is 7.91. The van der Waals surface area contributed by atoms with Crippen molar-refractivity contribution in [2.24, 2.45) is 0 Å². The van der Waals surface area contributed by atoms with Crippen LogP contribution in [-0.4, -0.2) is 20.7 Å². The van der Waals surface area contributed by atoms with Crippen molar-refractivity contribution in [3.8, 4) is 11.4 Å². The average molecular weight is 366 g/mol. The van der Waals surface area contributed by atoms with Crippen molar-refractivity contribution < 1.29 is 0 Å². The maximum Gasteiger partial charge on any atom is 0.311 e. The highest BCUT2D eigenvalue weighted by Crippen LogP contribution is 2.24. The summed E-state index contributed by atoms with van der Waals surface area (Å²) >= 11 is 6.23. The summed E-state index contributed by atoms with van der Waals surface area (Å²) in [4.78, 5) is 12.5. The molecule has 8 heteroatoms. The maximum absolute atomic E-state index is 7.27. The van der Waals surface area contributed by atoms with E-state index < -0.39 is 0 Å². The van der Waals surface area contributed by atoms with E-state index >= 15 is 0 Å². The quantitative estimate of drug-likeness (QED) is 0.620. The number of nitrogens with one attached hydrogen (secondary N) is 3. The third kappa shape index (κ3) is 3.31. The lowest BCUT2D eigenvalue weighted by molar-refractivity contribution is 0.555. The molecule has 1 saturated heterocycles. The highest BCUT2D eigenvalue weighted by atomic mass is 35.5. The van der Waals surface area contributed by atoms with Crippen LogP contribution in [0, 0.1) is 6.57 Å². The third-order valence-electron chi connectivity index (χ3n) is 4.25. The molecule has 0 saturated carbocycles. The van der Waals surface area contributed by atoms with Crippen LogP contribution in [0.1, 0.15) is 17.2 Å². The van der Waals surface area contributed by atoms with Gasteiger partial charge in [-0.15, -0.1) is 0 Å². The maximum atomic E-state index is 7.27. The summed E-state index contributed by atoms with van der Waals surface area (Å²) in [6, 6.07) is 11.5. The minimum Gasteiger partial charge on any atom is -0.332 e. The normalized spacial score (nSPS) is 19.4. The largest absolute Gasteiger partial charge is 0.332 e. The van der Waals surface area contributed by atoms with Gasteiger partial charge in [-0.2, -0.15) is 11.0 Å². The Bertz CT molecular complexity index is 962. The fourth-order valence-corrected chi connectivity index (χ4v) is 3.11. The molecular formula is C18H16ClN7. The van der Waals surface area contributed by atoms with E-state index in [2.05, 4.69) is 31.2 Å². The summed E-state index contributed by atoms with van der Waals surface area (Å²) in [6.07, 6.45) is 5.08. The van der Waals surface area contributed by atoms with Crippen LogP contribution in [0.4, 0.5) is 0 Å². The van der Waals surface area contributed by atoms with Crippen molar-refractivity contribution in [1.82, 2.24) is 30.9 Å². The standard InChI is InChI=1S/C18H16ClN7/c1-20-18-17(23-25-24-18)12-6-7-21-15(8-12)16-10-26(11-22-16)9-13-4-2-3-5-14(13)19/h2-8,10-11,17-18,23-25H,9H2. The molecule has 2 unspecified atom stereocenters. The second-order valence-electron chi connectivity index (χ2n) is 5.96. The molecule has 0 bridgehead atoms. The zero-order valence-electron chi connectivity index (χ0n) is 13.7. The minimum atomic E-state index is -0.372. The van der Waals surface area contributed by atoms with E-state index in [9.17, 15) is 0 Å². The number of aromatic nitrogens is 3.